The first-order valence-electron chi connectivity index (χ1n) is 5.35. The van der Waals surface area contributed by atoms with E-state index >= 15 is 0 Å². The second kappa shape index (κ2) is 3.74. The molecule has 4 heteroatoms. The third kappa shape index (κ3) is 2.30. The zero-order valence-electron chi connectivity index (χ0n) is 9.89. The van der Waals surface area contributed by atoms with Crippen LogP contribution in [0.4, 0.5) is 0 Å². The first-order valence-corrected chi connectivity index (χ1v) is 5.75. The predicted molar refractivity (Wildman–Crippen MR) is 65.5 cm³/mol. The van der Waals surface area contributed by atoms with Gasteiger partial charge in [0, 0.05) is 6.04 Å². The molecule has 3 N–H and O–H groups in total. The van der Waals surface area contributed by atoms with Crippen LogP contribution in [0.3, 0.4) is 0 Å². The van der Waals surface area contributed by atoms with E-state index in [9.17, 15) is 4.79 Å². The molecule has 0 heterocycles. The highest BCUT2D eigenvalue weighted by molar-refractivity contribution is 7.80. The minimum atomic E-state index is -0.700. The van der Waals surface area contributed by atoms with E-state index in [1.807, 2.05) is 6.92 Å². The lowest BCUT2D eigenvalue weighted by atomic mass is 9.86. The van der Waals surface area contributed by atoms with Crippen molar-refractivity contribution in [3.8, 4) is 0 Å². The molecule has 0 aromatic rings. The van der Waals surface area contributed by atoms with Crippen LogP contribution in [0.2, 0.25) is 0 Å². The van der Waals surface area contributed by atoms with Crippen LogP contribution < -0.4 is 11.1 Å². The summed E-state index contributed by atoms with van der Waals surface area (Å²) in [6.45, 7) is 8.01. The van der Waals surface area contributed by atoms with Gasteiger partial charge in [-0.15, -0.1) is 0 Å². The summed E-state index contributed by atoms with van der Waals surface area (Å²) < 4.78 is 0. The van der Waals surface area contributed by atoms with E-state index in [1.165, 1.54) is 0 Å². The van der Waals surface area contributed by atoms with Crippen molar-refractivity contribution < 1.29 is 4.79 Å². The molecule has 1 rings (SSSR count). The number of amides is 1. The molecule has 15 heavy (non-hydrogen) atoms. The van der Waals surface area contributed by atoms with Gasteiger partial charge in [0.15, 0.2) is 0 Å². The summed E-state index contributed by atoms with van der Waals surface area (Å²) in [4.78, 5) is 12.3. The van der Waals surface area contributed by atoms with Crippen LogP contribution in [0, 0.1) is 10.8 Å². The van der Waals surface area contributed by atoms with Gasteiger partial charge in [-0.3, -0.25) is 4.79 Å². The third-order valence-electron chi connectivity index (χ3n) is 3.57. The average Bonchev–Trinajstić information content (AvgIpc) is 2.71. The number of carbonyl (C=O) groups excluding carboxylic acids is 1. The fourth-order valence-electron chi connectivity index (χ4n) is 1.48. The van der Waals surface area contributed by atoms with Gasteiger partial charge in [0.1, 0.15) is 0 Å². The van der Waals surface area contributed by atoms with Gasteiger partial charge in [-0.05, 0) is 25.2 Å². The lowest BCUT2D eigenvalue weighted by Gasteiger charge is -2.25. The predicted octanol–water partition coefficient (Wildman–Crippen LogP) is 1.60. The third-order valence-corrected chi connectivity index (χ3v) is 4.02. The van der Waals surface area contributed by atoms with Gasteiger partial charge in [0.25, 0.3) is 0 Å². The molecule has 1 saturated carbocycles. The van der Waals surface area contributed by atoms with Crippen LogP contribution in [-0.2, 0) is 4.79 Å². The molecule has 1 amide bonds. The Labute approximate surface area is 96.8 Å². The number of thiocarbonyl (C=S) groups is 1. The van der Waals surface area contributed by atoms with Gasteiger partial charge in [-0.2, -0.15) is 0 Å². The molecule has 1 fully saturated rings. The zero-order chi connectivity index (χ0) is 11.9. The Morgan fingerprint density at radius 2 is 2.13 bits per heavy atom. The molecule has 2 unspecified atom stereocenters. The van der Waals surface area contributed by atoms with E-state index in [2.05, 4.69) is 19.2 Å². The van der Waals surface area contributed by atoms with Crippen LogP contribution in [0.25, 0.3) is 0 Å². The second-order valence-electron chi connectivity index (χ2n) is 5.27. The van der Waals surface area contributed by atoms with Crippen LogP contribution >= 0.6 is 12.2 Å². The number of nitrogens with one attached hydrogen (secondary N) is 1. The van der Waals surface area contributed by atoms with Crippen molar-refractivity contribution in [1.82, 2.24) is 5.32 Å². The highest BCUT2D eigenvalue weighted by Gasteiger charge is 2.48. The van der Waals surface area contributed by atoms with Crippen molar-refractivity contribution in [1.29, 1.82) is 0 Å². The van der Waals surface area contributed by atoms with Crippen LogP contribution in [-0.4, -0.2) is 16.9 Å². The normalized spacial score (nSPS) is 26.5. The molecule has 0 aromatic carbocycles. The van der Waals surface area contributed by atoms with Crippen LogP contribution in [0.15, 0.2) is 0 Å². The zero-order valence-corrected chi connectivity index (χ0v) is 10.7. The summed E-state index contributed by atoms with van der Waals surface area (Å²) in [5, 5.41) is 3.01. The smallest absolute Gasteiger partial charge is 0.232 e. The Morgan fingerprint density at radius 3 is 2.40 bits per heavy atom. The van der Waals surface area contributed by atoms with E-state index in [1.54, 1.807) is 6.92 Å². The molecule has 0 aromatic heterocycles. The molecular formula is C11H20N2OS. The number of rotatable bonds is 4. The lowest BCUT2D eigenvalue weighted by molar-refractivity contribution is -0.127. The van der Waals surface area contributed by atoms with Crippen molar-refractivity contribution in [3.63, 3.8) is 0 Å². The van der Waals surface area contributed by atoms with Gasteiger partial charge in [-0.25, -0.2) is 0 Å². The van der Waals surface area contributed by atoms with Crippen molar-refractivity contribution in [2.24, 2.45) is 16.6 Å². The van der Waals surface area contributed by atoms with Gasteiger partial charge in [-0.1, -0.05) is 33.0 Å². The first-order chi connectivity index (χ1) is 6.74. The molecular weight excluding hydrogens is 208 g/mol. The first kappa shape index (κ1) is 12.4. The largest absolute Gasteiger partial charge is 0.392 e. The Balaban J connectivity index is 2.64. The lowest BCUT2D eigenvalue weighted by Crippen LogP contribution is -2.47. The Kier molecular flexibility index (Phi) is 3.10. The van der Waals surface area contributed by atoms with Gasteiger partial charge in [0.2, 0.25) is 5.91 Å². The maximum absolute atomic E-state index is 12.0. The van der Waals surface area contributed by atoms with E-state index in [0.717, 1.165) is 6.42 Å². The van der Waals surface area contributed by atoms with Crippen molar-refractivity contribution >= 4 is 23.1 Å². The fraction of sp³-hybridized carbons (Fsp3) is 0.818. The van der Waals surface area contributed by atoms with Gasteiger partial charge in [0.05, 0.1) is 10.4 Å². The molecule has 86 valence electrons. The standard InChI is InChI=1S/C11H20N2OS/c1-5-11(4,8(12)15)9(14)13-7-6-10(7,2)3/h7H,5-6H2,1-4H3,(H2,12,15)(H,13,14). The summed E-state index contributed by atoms with van der Waals surface area (Å²) in [5.74, 6) is -0.0342. The summed E-state index contributed by atoms with van der Waals surface area (Å²) in [5.41, 5.74) is 5.15. The molecule has 0 aliphatic heterocycles. The molecule has 1 aliphatic carbocycles. The minimum absolute atomic E-state index is 0.0342. The van der Waals surface area contributed by atoms with Crippen molar-refractivity contribution in [2.45, 2.75) is 46.6 Å². The summed E-state index contributed by atoms with van der Waals surface area (Å²) in [6, 6.07) is 0.283. The topological polar surface area (TPSA) is 55.1 Å². The van der Waals surface area contributed by atoms with Crippen molar-refractivity contribution in [2.75, 3.05) is 0 Å². The van der Waals surface area contributed by atoms with Crippen molar-refractivity contribution in [3.05, 3.63) is 0 Å². The second-order valence-corrected chi connectivity index (χ2v) is 5.71. The van der Waals surface area contributed by atoms with E-state index in [4.69, 9.17) is 18.0 Å². The van der Waals surface area contributed by atoms with E-state index < -0.39 is 5.41 Å². The molecule has 3 nitrogen and oxygen atoms in total. The number of carbonyl (C=O) groups is 1. The van der Waals surface area contributed by atoms with Gasteiger partial charge >= 0.3 is 0 Å². The molecule has 0 radical (unpaired) electrons. The molecule has 0 bridgehead atoms. The Morgan fingerprint density at radius 1 is 1.67 bits per heavy atom. The summed E-state index contributed by atoms with van der Waals surface area (Å²) in [7, 11) is 0. The number of hydrogen-bond donors (Lipinski definition) is 2. The number of hydrogen-bond acceptors (Lipinski definition) is 2. The van der Waals surface area contributed by atoms with Crippen LogP contribution in [0.5, 0.6) is 0 Å². The molecule has 2 atom stereocenters. The number of nitrogens with two attached hydrogens (primary N) is 1. The maximum atomic E-state index is 12.0. The summed E-state index contributed by atoms with van der Waals surface area (Å²) in [6.07, 6.45) is 1.68. The highest BCUT2D eigenvalue weighted by atomic mass is 32.1. The average molecular weight is 228 g/mol. The SMILES string of the molecule is CCC(C)(C(=O)NC1CC1(C)C)C(N)=S. The van der Waals surface area contributed by atoms with E-state index in [-0.39, 0.29) is 22.4 Å². The molecule has 0 saturated heterocycles. The molecule has 0 spiro atoms. The fourth-order valence-corrected chi connectivity index (χ4v) is 1.71. The maximum Gasteiger partial charge on any atom is 0.232 e. The minimum Gasteiger partial charge on any atom is -0.392 e. The Bertz CT molecular complexity index is 301. The Hall–Kier alpha value is -0.640. The molecule has 1 aliphatic rings. The monoisotopic (exact) mass is 228 g/mol. The highest BCUT2D eigenvalue weighted by Crippen LogP contribution is 2.45. The van der Waals surface area contributed by atoms with E-state index in [0.29, 0.717) is 6.42 Å². The van der Waals surface area contributed by atoms with Crippen LogP contribution in [0.1, 0.15) is 40.5 Å². The van der Waals surface area contributed by atoms with Gasteiger partial charge < -0.3 is 11.1 Å². The quantitative estimate of drug-likeness (QED) is 0.719. The summed E-state index contributed by atoms with van der Waals surface area (Å²) >= 11 is 4.95.